The highest BCUT2D eigenvalue weighted by molar-refractivity contribution is 5.90. The Labute approximate surface area is 210 Å². The maximum atomic E-state index is 12.1. The zero-order chi connectivity index (χ0) is 27.1. The van der Waals surface area contributed by atoms with E-state index in [2.05, 4.69) is 45.1 Å². The van der Waals surface area contributed by atoms with Gasteiger partial charge in [-0.2, -0.15) is 5.10 Å². The summed E-state index contributed by atoms with van der Waals surface area (Å²) in [4.78, 5) is 34.3. The van der Waals surface area contributed by atoms with Crippen molar-refractivity contribution in [1.29, 1.82) is 0 Å². The number of hydrogen-bond donors (Lipinski definition) is 1. The molecule has 0 spiro atoms. The number of ether oxygens (including phenoxy) is 3. The van der Waals surface area contributed by atoms with Gasteiger partial charge in [-0.1, -0.05) is 46.8 Å². The summed E-state index contributed by atoms with van der Waals surface area (Å²) >= 11 is 0. The number of rotatable bonds is 10. The molecular weight excluding hydrogens is 466 g/mol. The summed E-state index contributed by atoms with van der Waals surface area (Å²) in [5.41, 5.74) is 3.21. The number of nitrogens with one attached hydrogen (secondary N) is 1. The molecule has 1 N–H and O–H groups in total. The highest BCUT2D eigenvalue weighted by atomic mass is 16.6. The van der Waals surface area contributed by atoms with Crippen LogP contribution in [0.3, 0.4) is 0 Å². The predicted octanol–water partition coefficient (Wildman–Crippen LogP) is 4.77. The van der Waals surface area contributed by atoms with E-state index in [9.17, 15) is 19.7 Å². The maximum absolute atomic E-state index is 12.1. The average Bonchev–Trinajstić information content (AvgIpc) is 2.76. The first kappa shape index (κ1) is 28.3. The number of methoxy groups -OCH3 is 1. The Hall–Kier alpha value is -3.95. The molecule has 0 heterocycles. The number of amides is 1. The summed E-state index contributed by atoms with van der Waals surface area (Å²) < 4.78 is 15.5. The van der Waals surface area contributed by atoms with Crippen LogP contribution in [0.1, 0.15) is 59.1 Å². The van der Waals surface area contributed by atoms with E-state index in [1.165, 1.54) is 31.7 Å². The second kappa shape index (κ2) is 11.7. The molecule has 0 unspecified atom stereocenters. The van der Waals surface area contributed by atoms with Gasteiger partial charge in [-0.3, -0.25) is 19.7 Å². The van der Waals surface area contributed by atoms with E-state index >= 15 is 0 Å². The fourth-order valence-electron chi connectivity index (χ4n) is 4.08. The lowest BCUT2D eigenvalue weighted by atomic mass is 9.72. The minimum absolute atomic E-state index is 0.00937. The lowest BCUT2D eigenvalue weighted by Crippen LogP contribution is -2.25. The van der Waals surface area contributed by atoms with Gasteiger partial charge in [0.1, 0.15) is 5.75 Å². The first-order valence-corrected chi connectivity index (χ1v) is 11.3. The van der Waals surface area contributed by atoms with E-state index in [0.717, 1.165) is 12.6 Å². The van der Waals surface area contributed by atoms with Gasteiger partial charge in [0, 0.05) is 6.92 Å². The summed E-state index contributed by atoms with van der Waals surface area (Å²) in [7, 11) is 1.22. The van der Waals surface area contributed by atoms with Gasteiger partial charge in [0.05, 0.1) is 23.8 Å². The number of benzene rings is 2. The Kier molecular flexibility index (Phi) is 9.16. The minimum atomic E-state index is -0.690. The van der Waals surface area contributed by atoms with Gasteiger partial charge >= 0.3 is 11.7 Å². The number of carbonyl (C=O) groups is 2. The van der Waals surface area contributed by atoms with E-state index in [4.69, 9.17) is 14.2 Å². The summed E-state index contributed by atoms with van der Waals surface area (Å²) in [5, 5.41) is 15.3. The Morgan fingerprint density at radius 2 is 1.72 bits per heavy atom. The molecule has 0 aliphatic carbocycles. The number of esters is 1. The summed E-state index contributed by atoms with van der Waals surface area (Å²) in [6, 6.07) is 10.3. The molecule has 36 heavy (non-hydrogen) atoms. The lowest BCUT2D eigenvalue weighted by molar-refractivity contribution is -0.385. The fraction of sp³-hybridized carbons (Fsp3) is 0.423. The van der Waals surface area contributed by atoms with Crippen molar-refractivity contribution in [3.63, 3.8) is 0 Å². The molecule has 10 heteroatoms. The van der Waals surface area contributed by atoms with Crippen molar-refractivity contribution in [2.24, 2.45) is 10.5 Å². The quantitative estimate of drug-likeness (QED) is 0.164. The molecule has 0 aliphatic heterocycles. The largest absolute Gasteiger partial charge is 0.488 e. The molecule has 0 bridgehead atoms. The minimum Gasteiger partial charge on any atom is -0.488 e. The highest BCUT2D eigenvalue weighted by Crippen LogP contribution is 2.39. The third-order valence-electron chi connectivity index (χ3n) is 5.14. The first-order chi connectivity index (χ1) is 16.7. The average molecular weight is 500 g/mol. The Morgan fingerprint density at radius 3 is 2.25 bits per heavy atom. The molecule has 0 saturated carbocycles. The maximum Gasteiger partial charge on any atom is 0.323 e. The van der Waals surface area contributed by atoms with E-state index in [1.807, 2.05) is 24.3 Å². The molecule has 0 radical (unpaired) electrons. The van der Waals surface area contributed by atoms with Crippen LogP contribution in [-0.4, -0.2) is 36.7 Å². The van der Waals surface area contributed by atoms with Gasteiger partial charge < -0.3 is 14.2 Å². The number of nitrogens with zero attached hydrogens (tertiary/aromatic N) is 2. The van der Waals surface area contributed by atoms with E-state index < -0.39 is 22.5 Å². The molecule has 0 atom stereocenters. The SMILES string of the molecule is COc1c(OC(C)=O)ccc(/C=N/NC(=O)COc2ccc(C(C)(C)CC(C)(C)C)cc2)c1[N+](=O)[O-]. The fourth-order valence-corrected chi connectivity index (χ4v) is 4.08. The van der Waals surface area contributed by atoms with Crippen LogP contribution in [0.25, 0.3) is 0 Å². The Bertz CT molecular complexity index is 1130. The Morgan fingerprint density at radius 1 is 1.08 bits per heavy atom. The monoisotopic (exact) mass is 499 g/mol. The highest BCUT2D eigenvalue weighted by Gasteiger charge is 2.27. The molecule has 1 amide bonds. The van der Waals surface area contributed by atoms with Crippen LogP contribution in [0, 0.1) is 15.5 Å². The molecule has 194 valence electrons. The summed E-state index contributed by atoms with van der Waals surface area (Å²) in [5.74, 6) is -0.998. The lowest BCUT2D eigenvalue weighted by Gasteiger charge is -2.33. The number of carbonyl (C=O) groups excluding carboxylic acids is 2. The molecule has 0 saturated heterocycles. The van der Waals surface area contributed by atoms with Crippen molar-refractivity contribution in [1.82, 2.24) is 5.43 Å². The molecule has 2 aromatic carbocycles. The van der Waals surface area contributed by atoms with Crippen molar-refractivity contribution in [2.45, 2.75) is 53.4 Å². The van der Waals surface area contributed by atoms with Gasteiger partial charge in [-0.15, -0.1) is 0 Å². The predicted molar refractivity (Wildman–Crippen MR) is 136 cm³/mol. The smallest absolute Gasteiger partial charge is 0.323 e. The number of hydrazone groups is 1. The van der Waals surface area contributed by atoms with Gasteiger partial charge in [-0.25, -0.2) is 5.43 Å². The van der Waals surface area contributed by atoms with E-state index in [0.29, 0.717) is 5.75 Å². The van der Waals surface area contributed by atoms with Crippen LogP contribution >= 0.6 is 0 Å². The Balaban J connectivity index is 2.02. The van der Waals surface area contributed by atoms with Crippen LogP contribution in [0.4, 0.5) is 5.69 Å². The van der Waals surface area contributed by atoms with E-state index in [1.54, 1.807) is 0 Å². The van der Waals surface area contributed by atoms with E-state index in [-0.39, 0.29) is 34.5 Å². The van der Waals surface area contributed by atoms with Gasteiger partial charge in [0.15, 0.2) is 12.4 Å². The van der Waals surface area contributed by atoms with Crippen molar-refractivity contribution in [2.75, 3.05) is 13.7 Å². The number of hydrogen-bond acceptors (Lipinski definition) is 8. The third kappa shape index (κ3) is 8.07. The topological polar surface area (TPSA) is 129 Å². The summed E-state index contributed by atoms with van der Waals surface area (Å²) in [6.07, 6.45) is 2.11. The second-order valence-electron chi connectivity index (χ2n) is 10.1. The molecule has 2 rings (SSSR count). The zero-order valence-electron chi connectivity index (χ0n) is 21.7. The van der Waals surface area contributed by atoms with Gasteiger partial charge in [0.25, 0.3) is 5.91 Å². The first-order valence-electron chi connectivity index (χ1n) is 11.3. The normalized spacial score (nSPS) is 11.8. The van der Waals surface area contributed by atoms with Crippen molar-refractivity contribution >= 4 is 23.8 Å². The third-order valence-corrected chi connectivity index (χ3v) is 5.14. The zero-order valence-corrected chi connectivity index (χ0v) is 21.7. The standard InChI is InChI=1S/C26H33N3O7/c1-17(30)36-21-13-8-18(23(29(32)33)24(21)34-7)14-27-28-22(31)15-35-20-11-9-19(10-12-20)26(5,6)16-25(2,3)4/h8-14H,15-16H2,1-7H3,(H,28,31)/b27-14+. The second-order valence-corrected chi connectivity index (χ2v) is 10.1. The molecule has 2 aromatic rings. The summed E-state index contributed by atoms with van der Waals surface area (Å²) in [6.45, 7) is 11.9. The van der Waals surface area contributed by atoms with Crippen molar-refractivity contribution in [3.8, 4) is 17.2 Å². The van der Waals surface area contributed by atoms with Gasteiger partial charge in [0.2, 0.25) is 5.75 Å². The van der Waals surface area contributed by atoms with Crippen LogP contribution < -0.4 is 19.6 Å². The molecular formula is C26H33N3O7. The molecule has 0 aromatic heterocycles. The van der Waals surface area contributed by atoms with Crippen molar-refractivity contribution < 1.29 is 28.7 Å². The molecule has 0 fully saturated rings. The van der Waals surface area contributed by atoms with Gasteiger partial charge in [-0.05, 0) is 47.1 Å². The van der Waals surface area contributed by atoms with Crippen LogP contribution in [0.15, 0.2) is 41.5 Å². The molecule has 10 nitrogen and oxygen atoms in total. The van der Waals surface area contributed by atoms with Crippen molar-refractivity contribution in [3.05, 3.63) is 57.6 Å². The molecule has 0 aliphatic rings. The van der Waals surface area contributed by atoms with Crippen LogP contribution in [0.2, 0.25) is 0 Å². The van der Waals surface area contributed by atoms with Crippen LogP contribution in [0.5, 0.6) is 17.2 Å². The number of nitro benzene ring substituents is 1. The van der Waals surface area contributed by atoms with Crippen LogP contribution in [-0.2, 0) is 15.0 Å². The number of nitro groups is 1.